The lowest BCUT2D eigenvalue weighted by Crippen LogP contribution is -2.54. The van der Waals surface area contributed by atoms with Gasteiger partial charge in [0.05, 0.1) is 6.42 Å². The van der Waals surface area contributed by atoms with Crippen molar-refractivity contribution in [1.29, 1.82) is 0 Å². The number of unbranched alkanes of at least 4 members (excludes halogenated alkanes) is 1. The van der Waals surface area contributed by atoms with E-state index in [1.165, 1.54) is 4.90 Å². The van der Waals surface area contributed by atoms with Crippen molar-refractivity contribution in [2.24, 2.45) is 5.73 Å². The van der Waals surface area contributed by atoms with Crippen LogP contribution in [0.3, 0.4) is 0 Å². The summed E-state index contributed by atoms with van der Waals surface area (Å²) >= 11 is 0. The molecule has 9 nitrogen and oxygen atoms in total. The Balaban J connectivity index is 2.53. The maximum atomic E-state index is 14.1. The van der Waals surface area contributed by atoms with E-state index in [1.807, 2.05) is 69.3 Å². The third kappa shape index (κ3) is 9.74. The number of amides is 4. The molecule has 0 aliphatic heterocycles. The fraction of sp³-hybridized carbons (Fsp3) is 0.467. The molecule has 39 heavy (non-hydrogen) atoms. The zero-order chi connectivity index (χ0) is 29.2. The summed E-state index contributed by atoms with van der Waals surface area (Å²) in [6.07, 6.45) is 0.0740. The Hall–Kier alpha value is -3.88. The molecule has 4 N–H and O–H groups in total. The average Bonchev–Trinajstić information content (AvgIpc) is 2.84. The molecule has 2 atom stereocenters. The Morgan fingerprint density at radius 3 is 2.13 bits per heavy atom. The topological polar surface area (TPSA) is 131 Å². The smallest absolute Gasteiger partial charge is 0.408 e. The van der Waals surface area contributed by atoms with Crippen LogP contribution in [0.4, 0.5) is 4.79 Å². The zero-order valence-corrected chi connectivity index (χ0v) is 23.9. The quantitative estimate of drug-likeness (QED) is 0.375. The minimum atomic E-state index is -1.30. The van der Waals surface area contributed by atoms with Gasteiger partial charge in [0.25, 0.3) is 0 Å². The van der Waals surface area contributed by atoms with Crippen LogP contribution < -0.4 is 16.4 Å². The minimum absolute atomic E-state index is 0.234. The Morgan fingerprint density at radius 2 is 1.59 bits per heavy atom. The molecule has 0 aromatic heterocycles. The third-order valence-corrected chi connectivity index (χ3v) is 6.12. The first kappa shape index (κ1) is 31.3. The first-order valence-corrected chi connectivity index (χ1v) is 13.3. The standard InChI is InChI=1S/C30H42N4O5/c1-7-8-17-34(28(37)23(18-24(31)35)33-29(38)39-30(4,5)6)26(25-20(2)13-12-14-21(25)3)27(36)32-19-22-15-10-9-11-16-22/h9-16,23,26H,7-8,17-19H2,1-6H3,(H2,31,35)(H,32,36)(H,33,38). The van der Waals surface area contributed by atoms with Crippen molar-refractivity contribution in [3.63, 3.8) is 0 Å². The molecule has 0 spiro atoms. The number of carbonyl (C=O) groups is 4. The van der Waals surface area contributed by atoms with Crippen molar-refractivity contribution >= 4 is 23.8 Å². The number of primary amides is 1. The molecule has 2 rings (SSSR count). The molecule has 0 saturated heterocycles. The molecule has 4 amide bonds. The van der Waals surface area contributed by atoms with Crippen LogP contribution in [0.25, 0.3) is 0 Å². The summed E-state index contributed by atoms with van der Waals surface area (Å²) in [6, 6.07) is 12.9. The lowest BCUT2D eigenvalue weighted by Gasteiger charge is -2.35. The van der Waals surface area contributed by atoms with E-state index >= 15 is 0 Å². The van der Waals surface area contributed by atoms with Gasteiger partial charge in [-0.2, -0.15) is 0 Å². The van der Waals surface area contributed by atoms with Crippen molar-refractivity contribution < 1.29 is 23.9 Å². The number of rotatable bonds is 12. The number of ether oxygens (including phenoxy) is 1. The summed E-state index contributed by atoms with van der Waals surface area (Å²) in [6.45, 7) is 11.4. The van der Waals surface area contributed by atoms with Crippen molar-refractivity contribution in [3.8, 4) is 0 Å². The number of hydrogen-bond donors (Lipinski definition) is 3. The van der Waals surface area contributed by atoms with Gasteiger partial charge in [-0.15, -0.1) is 0 Å². The number of nitrogens with two attached hydrogens (primary N) is 1. The van der Waals surface area contributed by atoms with E-state index in [-0.39, 0.29) is 19.0 Å². The fourth-order valence-electron chi connectivity index (χ4n) is 4.32. The molecule has 0 aliphatic rings. The molecule has 2 aromatic rings. The normalized spacial score (nSPS) is 12.7. The van der Waals surface area contributed by atoms with E-state index < -0.39 is 42.0 Å². The minimum Gasteiger partial charge on any atom is -0.444 e. The molecule has 2 aromatic carbocycles. The Kier molecular flexibility index (Phi) is 11.5. The molecule has 212 valence electrons. The summed E-state index contributed by atoms with van der Waals surface area (Å²) < 4.78 is 5.33. The highest BCUT2D eigenvalue weighted by Crippen LogP contribution is 2.29. The Labute approximate surface area is 231 Å². The Bertz CT molecular complexity index is 1120. The molecular formula is C30H42N4O5. The van der Waals surface area contributed by atoms with Crippen molar-refractivity contribution in [2.45, 2.75) is 85.0 Å². The number of hydrogen-bond acceptors (Lipinski definition) is 5. The van der Waals surface area contributed by atoms with E-state index in [9.17, 15) is 19.2 Å². The first-order valence-electron chi connectivity index (χ1n) is 13.3. The summed E-state index contributed by atoms with van der Waals surface area (Å²) in [7, 11) is 0. The molecule has 0 radical (unpaired) electrons. The van der Waals surface area contributed by atoms with Gasteiger partial charge in [0.15, 0.2) is 0 Å². The third-order valence-electron chi connectivity index (χ3n) is 6.12. The number of nitrogens with zero attached hydrogens (tertiary/aromatic N) is 1. The maximum absolute atomic E-state index is 14.1. The highest BCUT2D eigenvalue weighted by molar-refractivity contribution is 5.94. The second-order valence-corrected chi connectivity index (χ2v) is 10.7. The predicted octanol–water partition coefficient (Wildman–Crippen LogP) is 4.06. The summed E-state index contributed by atoms with van der Waals surface area (Å²) in [5, 5.41) is 5.49. The van der Waals surface area contributed by atoms with Gasteiger partial charge in [-0.1, -0.05) is 61.9 Å². The van der Waals surface area contributed by atoms with Gasteiger partial charge in [0, 0.05) is 13.1 Å². The highest BCUT2D eigenvalue weighted by Gasteiger charge is 2.37. The molecule has 0 bridgehead atoms. The molecule has 0 fully saturated rings. The molecule has 0 heterocycles. The van der Waals surface area contributed by atoms with Gasteiger partial charge in [-0.25, -0.2) is 4.79 Å². The molecule has 0 aliphatic carbocycles. The lowest BCUT2D eigenvalue weighted by atomic mass is 9.93. The van der Waals surface area contributed by atoms with E-state index in [1.54, 1.807) is 20.8 Å². The lowest BCUT2D eigenvalue weighted by molar-refractivity contribution is -0.143. The van der Waals surface area contributed by atoms with Crippen LogP contribution in [0.5, 0.6) is 0 Å². The number of nitrogens with one attached hydrogen (secondary N) is 2. The number of carbonyl (C=O) groups excluding carboxylic acids is 4. The number of benzene rings is 2. The van der Waals surface area contributed by atoms with Crippen molar-refractivity contribution in [1.82, 2.24) is 15.5 Å². The second kappa shape index (κ2) is 14.3. The van der Waals surface area contributed by atoms with Crippen LogP contribution in [0.2, 0.25) is 0 Å². The van der Waals surface area contributed by atoms with Crippen LogP contribution in [-0.4, -0.2) is 46.9 Å². The van der Waals surface area contributed by atoms with Crippen molar-refractivity contribution in [2.75, 3.05) is 6.54 Å². The molecule has 0 saturated carbocycles. The first-order chi connectivity index (χ1) is 18.3. The van der Waals surface area contributed by atoms with Crippen LogP contribution >= 0.6 is 0 Å². The van der Waals surface area contributed by atoms with Gasteiger partial charge in [-0.3, -0.25) is 14.4 Å². The number of alkyl carbamates (subject to hydrolysis) is 1. The largest absolute Gasteiger partial charge is 0.444 e. The molecular weight excluding hydrogens is 496 g/mol. The van der Waals surface area contributed by atoms with E-state index in [2.05, 4.69) is 10.6 Å². The van der Waals surface area contributed by atoms with Crippen LogP contribution in [0, 0.1) is 13.8 Å². The van der Waals surface area contributed by atoms with E-state index in [0.717, 1.165) is 23.1 Å². The van der Waals surface area contributed by atoms with Crippen molar-refractivity contribution in [3.05, 3.63) is 70.8 Å². The van der Waals surface area contributed by atoms with Gasteiger partial charge in [0.2, 0.25) is 17.7 Å². The molecule has 2 unspecified atom stereocenters. The SMILES string of the molecule is CCCCN(C(=O)C(CC(N)=O)NC(=O)OC(C)(C)C)C(C(=O)NCc1ccccc1)c1c(C)cccc1C. The predicted molar refractivity (Wildman–Crippen MR) is 151 cm³/mol. The van der Waals surface area contributed by atoms with Gasteiger partial charge >= 0.3 is 6.09 Å². The average molecular weight is 539 g/mol. The fourth-order valence-corrected chi connectivity index (χ4v) is 4.32. The van der Waals surface area contributed by atoms with Crippen LogP contribution in [0.15, 0.2) is 48.5 Å². The Morgan fingerprint density at radius 1 is 0.974 bits per heavy atom. The number of aryl methyl sites for hydroxylation is 2. The van der Waals surface area contributed by atoms with Gasteiger partial charge in [-0.05, 0) is 63.3 Å². The summed E-state index contributed by atoms with van der Waals surface area (Å²) in [4.78, 5) is 53.9. The van der Waals surface area contributed by atoms with Crippen LogP contribution in [-0.2, 0) is 25.7 Å². The zero-order valence-electron chi connectivity index (χ0n) is 23.9. The highest BCUT2D eigenvalue weighted by atomic mass is 16.6. The monoisotopic (exact) mass is 538 g/mol. The molecule has 9 heteroatoms. The van der Waals surface area contributed by atoms with Crippen LogP contribution in [0.1, 0.15) is 75.3 Å². The van der Waals surface area contributed by atoms with Gasteiger partial charge in [0.1, 0.15) is 17.7 Å². The van der Waals surface area contributed by atoms with E-state index in [0.29, 0.717) is 12.0 Å². The summed E-state index contributed by atoms with van der Waals surface area (Å²) in [5.74, 6) is -1.72. The van der Waals surface area contributed by atoms with Gasteiger partial charge < -0.3 is 26.0 Å². The maximum Gasteiger partial charge on any atom is 0.408 e. The van der Waals surface area contributed by atoms with E-state index in [4.69, 9.17) is 10.5 Å². The summed E-state index contributed by atoms with van der Waals surface area (Å²) in [5.41, 5.74) is 7.94. The second-order valence-electron chi connectivity index (χ2n) is 10.7.